The summed E-state index contributed by atoms with van der Waals surface area (Å²) in [6, 6.07) is 8.75. The number of nitriles is 1. The molecule has 1 aromatic carbocycles. The Kier molecular flexibility index (Phi) is 4.73. The van der Waals surface area contributed by atoms with E-state index in [-0.39, 0.29) is 12.3 Å². The van der Waals surface area contributed by atoms with E-state index in [9.17, 15) is 8.42 Å². The topological polar surface area (TPSA) is 74.1 Å². The van der Waals surface area contributed by atoms with Gasteiger partial charge in [0.25, 0.3) is 0 Å². The highest BCUT2D eigenvalue weighted by atomic mass is 32.2. The van der Waals surface area contributed by atoms with Gasteiger partial charge in [0.2, 0.25) is 10.0 Å². The Bertz CT molecular complexity index is 776. The predicted molar refractivity (Wildman–Crippen MR) is 82.1 cm³/mol. The fraction of sp³-hybridized carbons (Fsp3) is 0.286. The van der Waals surface area contributed by atoms with Gasteiger partial charge < -0.3 is 0 Å². The third kappa shape index (κ3) is 3.88. The maximum absolute atomic E-state index is 12.4. The molecular formula is C14H15N3O2S2. The summed E-state index contributed by atoms with van der Waals surface area (Å²) < 4.78 is 26.0. The Morgan fingerprint density at radius 3 is 2.71 bits per heavy atom. The molecule has 0 radical (unpaired) electrons. The second-order valence-electron chi connectivity index (χ2n) is 4.64. The molecule has 0 unspecified atom stereocenters. The highest BCUT2D eigenvalue weighted by molar-refractivity contribution is 7.88. The van der Waals surface area contributed by atoms with Crippen LogP contribution in [0.3, 0.4) is 0 Å². The Balaban J connectivity index is 2.16. The minimum Gasteiger partial charge on any atom is -0.245 e. The van der Waals surface area contributed by atoms with Gasteiger partial charge in [0.1, 0.15) is 0 Å². The second-order valence-corrected chi connectivity index (χ2v) is 7.78. The lowest BCUT2D eigenvalue weighted by Gasteiger charge is -2.16. The minimum absolute atomic E-state index is 0.184. The summed E-state index contributed by atoms with van der Waals surface area (Å²) in [4.78, 5) is 4.26. The first-order chi connectivity index (χ1) is 9.92. The van der Waals surface area contributed by atoms with E-state index in [0.29, 0.717) is 11.1 Å². The molecule has 0 N–H and O–H groups in total. The average molecular weight is 321 g/mol. The molecule has 0 fully saturated rings. The van der Waals surface area contributed by atoms with Crippen LogP contribution in [-0.4, -0.2) is 24.8 Å². The molecule has 2 rings (SSSR count). The summed E-state index contributed by atoms with van der Waals surface area (Å²) in [6.45, 7) is 2.12. The summed E-state index contributed by atoms with van der Waals surface area (Å²) in [5, 5.41) is 11.8. The molecule has 0 bridgehead atoms. The van der Waals surface area contributed by atoms with Gasteiger partial charge in [-0.15, -0.1) is 11.3 Å². The lowest BCUT2D eigenvalue weighted by Crippen LogP contribution is -2.28. The zero-order valence-electron chi connectivity index (χ0n) is 11.8. The van der Waals surface area contributed by atoms with Crippen molar-refractivity contribution in [2.24, 2.45) is 0 Å². The molecule has 0 saturated heterocycles. The van der Waals surface area contributed by atoms with Crippen molar-refractivity contribution in [3.63, 3.8) is 0 Å². The number of hydrogen-bond acceptors (Lipinski definition) is 5. The van der Waals surface area contributed by atoms with Gasteiger partial charge in [-0.1, -0.05) is 18.2 Å². The first-order valence-corrected chi connectivity index (χ1v) is 8.74. The van der Waals surface area contributed by atoms with Crippen molar-refractivity contribution in [3.05, 3.63) is 51.5 Å². The van der Waals surface area contributed by atoms with Crippen LogP contribution < -0.4 is 0 Å². The van der Waals surface area contributed by atoms with Gasteiger partial charge in [-0.05, 0) is 18.6 Å². The van der Waals surface area contributed by atoms with Crippen LogP contribution in [-0.2, 0) is 22.3 Å². The Morgan fingerprint density at radius 1 is 1.38 bits per heavy atom. The zero-order valence-corrected chi connectivity index (χ0v) is 13.4. The predicted octanol–water partition coefficient (Wildman–Crippen LogP) is 2.29. The molecule has 110 valence electrons. The fourth-order valence-corrected chi connectivity index (χ4v) is 3.67. The third-order valence-electron chi connectivity index (χ3n) is 3.00. The first kappa shape index (κ1) is 15.6. The Morgan fingerprint density at radius 2 is 2.10 bits per heavy atom. The van der Waals surface area contributed by atoms with E-state index in [2.05, 4.69) is 4.98 Å². The third-order valence-corrected chi connectivity index (χ3v) is 5.58. The maximum atomic E-state index is 12.4. The molecule has 1 heterocycles. The van der Waals surface area contributed by atoms with Gasteiger partial charge in [0.15, 0.2) is 0 Å². The number of benzene rings is 1. The molecule has 0 spiro atoms. The molecule has 21 heavy (non-hydrogen) atoms. The number of thiazole rings is 1. The number of rotatable bonds is 5. The second kappa shape index (κ2) is 6.35. The fourth-order valence-electron chi connectivity index (χ4n) is 1.87. The lowest BCUT2D eigenvalue weighted by atomic mass is 10.1. The van der Waals surface area contributed by atoms with Crippen LogP contribution in [0.4, 0.5) is 0 Å². The molecule has 0 aliphatic heterocycles. The quantitative estimate of drug-likeness (QED) is 0.847. The van der Waals surface area contributed by atoms with Gasteiger partial charge in [0, 0.05) is 12.4 Å². The Hall–Kier alpha value is -1.75. The molecule has 0 aliphatic rings. The molecule has 1 aromatic heterocycles. The van der Waals surface area contributed by atoms with E-state index in [4.69, 9.17) is 5.26 Å². The monoisotopic (exact) mass is 321 g/mol. The molecular weight excluding hydrogens is 306 g/mol. The van der Waals surface area contributed by atoms with Crippen molar-refractivity contribution < 1.29 is 8.42 Å². The van der Waals surface area contributed by atoms with E-state index in [0.717, 1.165) is 10.7 Å². The minimum atomic E-state index is -3.49. The molecule has 0 amide bonds. The summed E-state index contributed by atoms with van der Waals surface area (Å²) in [6.07, 6.45) is 0. The number of aryl methyl sites for hydroxylation is 1. The number of nitrogens with zero attached hydrogens (tertiary/aromatic N) is 3. The summed E-state index contributed by atoms with van der Waals surface area (Å²) in [5.41, 5.74) is 1.64. The van der Waals surface area contributed by atoms with Crippen LogP contribution in [0.1, 0.15) is 21.8 Å². The molecule has 7 heteroatoms. The highest BCUT2D eigenvalue weighted by Gasteiger charge is 2.21. The highest BCUT2D eigenvalue weighted by Crippen LogP contribution is 2.16. The van der Waals surface area contributed by atoms with E-state index >= 15 is 0 Å². The van der Waals surface area contributed by atoms with Crippen molar-refractivity contribution in [3.8, 4) is 6.07 Å². The van der Waals surface area contributed by atoms with E-state index in [1.165, 1.54) is 22.7 Å². The molecule has 0 atom stereocenters. The standard InChI is InChI=1S/C14H15N3O2S2/c1-11-16-14(9-20-11)8-17(2)21(18,19)10-13-6-4-3-5-12(13)7-15/h3-6,9H,8,10H2,1-2H3. The molecule has 0 saturated carbocycles. The van der Waals surface area contributed by atoms with E-state index in [1.54, 1.807) is 24.3 Å². The van der Waals surface area contributed by atoms with Gasteiger partial charge in [-0.25, -0.2) is 13.4 Å². The maximum Gasteiger partial charge on any atom is 0.218 e. The molecule has 5 nitrogen and oxygen atoms in total. The zero-order chi connectivity index (χ0) is 15.5. The van der Waals surface area contributed by atoms with Crippen LogP contribution >= 0.6 is 11.3 Å². The van der Waals surface area contributed by atoms with Gasteiger partial charge in [-0.3, -0.25) is 0 Å². The summed E-state index contributed by atoms with van der Waals surface area (Å²) in [7, 11) is -1.96. The largest absolute Gasteiger partial charge is 0.245 e. The number of hydrogen-bond donors (Lipinski definition) is 0. The van der Waals surface area contributed by atoms with Crippen LogP contribution in [0.5, 0.6) is 0 Å². The van der Waals surface area contributed by atoms with Gasteiger partial charge in [-0.2, -0.15) is 9.57 Å². The van der Waals surface area contributed by atoms with Crippen LogP contribution in [0.15, 0.2) is 29.6 Å². The van der Waals surface area contributed by atoms with E-state index < -0.39 is 10.0 Å². The average Bonchev–Trinajstić information content (AvgIpc) is 2.84. The van der Waals surface area contributed by atoms with Crippen molar-refractivity contribution in [1.82, 2.24) is 9.29 Å². The van der Waals surface area contributed by atoms with Gasteiger partial charge in [0.05, 0.1) is 34.6 Å². The summed E-state index contributed by atoms with van der Waals surface area (Å²) >= 11 is 1.49. The van der Waals surface area contributed by atoms with Crippen molar-refractivity contribution >= 4 is 21.4 Å². The van der Waals surface area contributed by atoms with Crippen molar-refractivity contribution in [2.45, 2.75) is 19.2 Å². The number of aromatic nitrogens is 1. The normalized spacial score (nSPS) is 11.5. The smallest absolute Gasteiger partial charge is 0.218 e. The lowest BCUT2D eigenvalue weighted by molar-refractivity contribution is 0.462. The SMILES string of the molecule is Cc1nc(CN(C)S(=O)(=O)Cc2ccccc2C#N)cs1. The molecule has 2 aromatic rings. The Labute approximate surface area is 128 Å². The van der Waals surface area contributed by atoms with Crippen molar-refractivity contribution in [1.29, 1.82) is 5.26 Å². The van der Waals surface area contributed by atoms with Crippen LogP contribution in [0.25, 0.3) is 0 Å². The van der Waals surface area contributed by atoms with Crippen LogP contribution in [0, 0.1) is 18.3 Å². The van der Waals surface area contributed by atoms with Gasteiger partial charge >= 0.3 is 0 Å². The van der Waals surface area contributed by atoms with E-state index in [1.807, 2.05) is 18.4 Å². The van der Waals surface area contributed by atoms with Crippen molar-refractivity contribution in [2.75, 3.05) is 7.05 Å². The number of sulfonamides is 1. The molecule has 0 aliphatic carbocycles. The van der Waals surface area contributed by atoms with Crippen LogP contribution in [0.2, 0.25) is 0 Å². The first-order valence-electron chi connectivity index (χ1n) is 6.25. The summed E-state index contributed by atoms with van der Waals surface area (Å²) in [5.74, 6) is -0.184.